The fraction of sp³-hybridized carbons (Fsp3) is 0.400. The van der Waals surface area contributed by atoms with Gasteiger partial charge in [-0.15, -0.1) is 6.58 Å². The molecule has 0 atom stereocenters. The third-order valence-electron chi connectivity index (χ3n) is 0.601. The molecule has 0 spiro atoms. The predicted octanol–water partition coefficient (Wildman–Crippen LogP) is 1.05. The number of likely N-dealkylation sites (N-methyl/N-ethyl adjacent to an activating group) is 1. The Kier molecular flexibility index (Phi) is 3.65. The van der Waals surface area contributed by atoms with Crippen LogP contribution >= 0.6 is 0 Å². The summed E-state index contributed by atoms with van der Waals surface area (Å²) in [5, 5.41) is 9.63. The molecule has 0 aliphatic carbocycles. The molecule has 0 saturated carbocycles. The largest absolute Gasteiger partial charge is 0.313 e. The van der Waals surface area contributed by atoms with Crippen LogP contribution in [0.5, 0.6) is 0 Å². The van der Waals surface area contributed by atoms with E-state index in [0.717, 1.165) is 5.06 Å². The van der Waals surface area contributed by atoms with Gasteiger partial charge in [0, 0.05) is 6.54 Å². The van der Waals surface area contributed by atoms with Crippen molar-refractivity contribution in [2.75, 3.05) is 6.54 Å². The van der Waals surface area contributed by atoms with Crippen LogP contribution in [0.4, 0.5) is 0 Å². The first-order valence-corrected chi connectivity index (χ1v) is 2.22. The van der Waals surface area contributed by atoms with E-state index in [-0.39, 0.29) is 0 Å². The second kappa shape index (κ2) is 3.84. The zero-order valence-electron chi connectivity index (χ0n) is 4.46. The molecule has 0 aromatic heterocycles. The van der Waals surface area contributed by atoms with Crippen molar-refractivity contribution in [1.29, 1.82) is 0 Å². The molecule has 0 fully saturated rings. The van der Waals surface area contributed by atoms with E-state index >= 15 is 0 Å². The molecule has 0 rings (SSSR count). The van der Waals surface area contributed by atoms with Crippen LogP contribution in [0.1, 0.15) is 6.92 Å². The lowest BCUT2D eigenvalue weighted by Crippen LogP contribution is -2.12. The minimum Gasteiger partial charge on any atom is -0.313 e. The number of nitrogens with zero attached hydrogens (tertiary/aromatic N) is 1. The van der Waals surface area contributed by atoms with E-state index in [9.17, 15) is 0 Å². The molecule has 2 heteroatoms. The Morgan fingerprint density at radius 1 is 1.86 bits per heavy atom. The van der Waals surface area contributed by atoms with Crippen LogP contribution in [-0.4, -0.2) is 16.8 Å². The van der Waals surface area contributed by atoms with Crippen LogP contribution in [0.3, 0.4) is 0 Å². The van der Waals surface area contributed by atoms with Gasteiger partial charge in [0.1, 0.15) is 0 Å². The molecule has 41 valence electrons. The quantitative estimate of drug-likeness (QED) is 0.536. The minimum absolute atomic E-state index is 0.603. The first kappa shape index (κ1) is 6.66. The van der Waals surface area contributed by atoms with Crippen molar-refractivity contribution < 1.29 is 5.21 Å². The molecule has 1 N–H and O–H groups in total. The molecule has 0 aliphatic rings. The average Bonchev–Trinajstić information content (AvgIpc) is 1.68. The molecule has 7 heavy (non-hydrogen) atoms. The molecule has 0 amide bonds. The summed E-state index contributed by atoms with van der Waals surface area (Å²) in [6.07, 6.45) is 1.53. The minimum atomic E-state index is 0.603. The van der Waals surface area contributed by atoms with Crippen LogP contribution in [0.25, 0.3) is 0 Å². The lowest BCUT2D eigenvalue weighted by molar-refractivity contribution is -0.0506. The zero-order valence-corrected chi connectivity index (χ0v) is 4.46. The Morgan fingerprint density at radius 3 is 2.57 bits per heavy atom. The van der Waals surface area contributed by atoms with Gasteiger partial charge in [0.15, 0.2) is 0 Å². The van der Waals surface area contributed by atoms with Crippen molar-refractivity contribution in [3.63, 3.8) is 0 Å². The van der Waals surface area contributed by atoms with Gasteiger partial charge < -0.3 is 5.21 Å². The van der Waals surface area contributed by atoms with Gasteiger partial charge in [-0.3, -0.25) is 0 Å². The summed E-state index contributed by atoms with van der Waals surface area (Å²) in [5.74, 6) is 0. The average molecular weight is 100 g/mol. The zero-order chi connectivity index (χ0) is 5.70. The van der Waals surface area contributed by atoms with Crippen molar-refractivity contribution >= 4 is 0 Å². The third kappa shape index (κ3) is 3.49. The van der Waals surface area contributed by atoms with E-state index in [1.165, 1.54) is 12.6 Å². The van der Waals surface area contributed by atoms with Gasteiger partial charge in [-0.1, -0.05) is 13.0 Å². The number of hydrogen-bond donors (Lipinski definition) is 1. The first-order valence-electron chi connectivity index (χ1n) is 2.22. The normalized spacial score (nSPS) is 9.57. The molecule has 2 nitrogen and oxygen atoms in total. The highest BCUT2D eigenvalue weighted by atomic mass is 16.5. The maximum absolute atomic E-state index is 8.56. The summed E-state index contributed by atoms with van der Waals surface area (Å²) in [7, 11) is 0. The Balaban J connectivity index is 2.98. The lowest BCUT2D eigenvalue weighted by Gasteiger charge is -2.05. The molecule has 0 unspecified atom stereocenters. The van der Waals surface area contributed by atoms with Gasteiger partial charge >= 0.3 is 0 Å². The molecule has 0 aromatic rings. The number of rotatable bonds is 3. The summed E-state index contributed by atoms with van der Waals surface area (Å²) in [4.78, 5) is 0. The predicted molar refractivity (Wildman–Crippen MR) is 28.7 cm³/mol. The highest BCUT2D eigenvalue weighted by Gasteiger charge is 1.87. The van der Waals surface area contributed by atoms with Crippen LogP contribution in [0.2, 0.25) is 0 Å². The van der Waals surface area contributed by atoms with Crippen LogP contribution < -0.4 is 0 Å². The molecular weight excluding hydrogens is 90.1 g/mol. The van der Waals surface area contributed by atoms with E-state index < -0.39 is 0 Å². The highest BCUT2D eigenvalue weighted by molar-refractivity contribution is 4.81. The van der Waals surface area contributed by atoms with Crippen molar-refractivity contribution in [2.24, 2.45) is 0 Å². The molecule has 0 aromatic carbocycles. The molecule has 0 bridgehead atoms. The topological polar surface area (TPSA) is 23.5 Å². The summed E-state index contributed by atoms with van der Waals surface area (Å²) >= 11 is 0. The Morgan fingerprint density at radius 2 is 2.43 bits per heavy atom. The van der Waals surface area contributed by atoms with E-state index in [4.69, 9.17) is 5.21 Å². The van der Waals surface area contributed by atoms with Crippen molar-refractivity contribution in [3.8, 4) is 0 Å². The third-order valence-corrected chi connectivity index (χ3v) is 0.601. The van der Waals surface area contributed by atoms with Gasteiger partial charge in [0.25, 0.3) is 0 Å². The van der Waals surface area contributed by atoms with Gasteiger partial charge in [-0.25, -0.2) is 0 Å². The maximum Gasteiger partial charge on any atom is 0.0741 e. The van der Waals surface area contributed by atoms with Gasteiger partial charge in [-0.05, 0) is 0 Å². The van der Waals surface area contributed by atoms with E-state index in [1.807, 2.05) is 6.92 Å². The first-order chi connectivity index (χ1) is 3.31. The fourth-order valence-corrected chi connectivity index (χ4v) is 0.227. The number of hydrogen-bond acceptors (Lipinski definition) is 2. The second-order valence-electron chi connectivity index (χ2n) is 1.14. The Hall–Kier alpha value is -0.340. The molecule has 0 heterocycles. The molecular formula is C5H10NO. The maximum atomic E-state index is 8.56. The SMILES string of the molecule is C=C[CH]N(O)CC. The van der Waals surface area contributed by atoms with Crippen molar-refractivity contribution in [3.05, 3.63) is 19.2 Å². The van der Waals surface area contributed by atoms with Crippen molar-refractivity contribution in [1.82, 2.24) is 5.06 Å². The van der Waals surface area contributed by atoms with Crippen molar-refractivity contribution in [2.45, 2.75) is 6.92 Å². The summed E-state index contributed by atoms with van der Waals surface area (Å²) < 4.78 is 0. The molecule has 0 saturated heterocycles. The monoisotopic (exact) mass is 100 g/mol. The summed E-state index contributed by atoms with van der Waals surface area (Å²) in [6, 6.07) is 0. The fourth-order valence-electron chi connectivity index (χ4n) is 0.227. The highest BCUT2D eigenvalue weighted by Crippen LogP contribution is 1.83. The number of hydroxylamine groups is 2. The van der Waals surface area contributed by atoms with E-state index in [2.05, 4.69) is 6.58 Å². The van der Waals surface area contributed by atoms with E-state index in [0.29, 0.717) is 6.54 Å². The molecule has 1 radical (unpaired) electrons. The Labute approximate surface area is 44.0 Å². The van der Waals surface area contributed by atoms with Crippen LogP contribution in [0.15, 0.2) is 12.7 Å². The Bertz CT molecular complexity index is 54.0. The summed E-state index contributed by atoms with van der Waals surface area (Å²) in [5.41, 5.74) is 0. The standard InChI is InChI=1S/C5H10NO/c1-3-5-6(7)4-2/h3,5,7H,1,4H2,2H3. The molecule has 0 aliphatic heterocycles. The smallest absolute Gasteiger partial charge is 0.0741 e. The van der Waals surface area contributed by atoms with Crippen LogP contribution in [0, 0.1) is 6.54 Å². The lowest BCUT2D eigenvalue weighted by atomic mass is 10.6. The van der Waals surface area contributed by atoms with Gasteiger partial charge in [0.2, 0.25) is 0 Å². The van der Waals surface area contributed by atoms with Gasteiger partial charge in [0.05, 0.1) is 6.54 Å². The van der Waals surface area contributed by atoms with Gasteiger partial charge in [-0.2, -0.15) is 5.06 Å². The van der Waals surface area contributed by atoms with Crippen LogP contribution in [-0.2, 0) is 0 Å². The summed E-state index contributed by atoms with van der Waals surface area (Å²) in [6.45, 7) is 7.34. The van der Waals surface area contributed by atoms with E-state index in [1.54, 1.807) is 0 Å². The second-order valence-corrected chi connectivity index (χ2v) is 1.14.